The van der Waals surface area contributed by atoms with E-state index in [1.54, 1.807) is 11.3 Å². The summed E-state index contributed by atoms with van der Waals surface area (Å²) in [6, 6.07) is 4.06. The second-order valence-corrected chi connectivity index (χ2v) is 6.80. The van der Waals surface area contributed by atoms with E-state index in [4.69, 9.17) is 5.11 Å². The first-order chi connectivity index (χ1) is 7.62. The maximum atomic E-state index is 11.1. The van der Waals surface area contributed by atoms with Gasteiger partial charge in [0.05, 0.1) is 9.20 Å². The van der Waals surface area contributed by atoms with Gasteiger partial charge >= 0.3 is 5.97 Å². The Labute approximate surface area is 107 Å². The SMILES string of the molecule is O=C(O)C1(CNCc2ccc(Br)s2)CCC1. The van der Waals surface area contributed by atoms with E-state index in [0.29, 0.717) is 6.54 Å². The number of carboxylic acids is 1. The van der Waals surface area contributed by atoms with Crippen LogP contribution in [0.5, 0.6) is 0 Å². The summed E-state index contributed by atoms with van der Waals surface area (Å²) in [6.07, 6.45) is 2.66. The lowest BCUT2D eigenvalue weighted by molar-refractivity contribution is -0.154. The van der Waals surface area contributed by atoms with Crippen LogP contribution in [0, 0.1) is 5.41 Å². The van der Waals surface area contributed by atoms with Crippen LogP contribution in [0.15, 0.2) is 15.9 Å². The van der Waals surface area contributed by atoms with E-state index in [-0.39, 0.29) is 0 Å². The number of rotatable bonds is 5. The fourth-order valence-corrected chi connectivity index (χ4v) is 3.39. The highest BCUT2D eigenvalue weighted by molar-refractivity contribution is 9.11. The van der Waals surface area contributed by atoms with Crippen LogP contribution in [0.25, 0.3) is 0 Å². The number of nitrogens with one attached hydrogen (secondary N) is 1. The predicted molar refractivity (Wildman–Crippen MR) is 67.6 cm³/mol. The number of halogens is 1. The minimum atomic E-state index is -0.654. The third-order valence-electron chi connectivity index (χ3n) is 3.16. The van der Waals surface area contributed by atoms with Crippen molar-refractivity contribution in [1.82, 2.24) is 5.32 Å². The van der Waals surface area contributed by atoms with Gasteiger partial charge in [-0.25, -0.2) is 0 Å². The van der Waals surface area contributed by atoms with Crippen molar-refractivity contribution in [2.45, 2.75) is 25.8 Å². The number of carboxylic acid groups (broad SMARTS) is 1. The van der Waals surface area contributed by atoms with Crippen molar-refractivity contribution in [2.24, 2.45) is 5.41 Å². The number of aliphatic carboxylic acids is 1. The van der Waals surface area contributed by atoms with Gasteiger partial charge in [0.1, 0.15) is 0 Å². The molecular formula is C11H14BrNO2S. The van der Waals surface area contributed by atoms with Crippen LogP contribution in [0.2, 0.25) is 0 Å². The summed E-state index contributed by atoms with van der Waals surface area (Å²) in [5.74, 6) is -0.654. The molecule has 0 aromatic carbocycles. The quantitative estimate of drug-likeness (QED) is 0.879. The van der Waals surface area contributed by atoms with Crippen LogP contribution < -0.4 is 5.32 Å². The molecule has 0 amide bonds. The highest BCUT2D eigenvalue weighted by Crippen LogP contribution is 2.40. The van der Waals surface area contributed by atoms with Crippen LogP contribution in [0.1, 0.15) is 24.1 Å². The van der Waals surface area contributed by atoms with Crippen LogP contribution in [-0.2, 0) is 11.3 Å². The van der Waals surface area contributed by atoms with Crippen molar-refractivity contribution in [3.63, 3.8) is 0 Å². The largest absolute Gasteiger partial charge is 0.481 e. The summed E-state index contributed by atoms with van der Waals surface area (Å²) < 4.78 is 1.11. The van der Waals surface area contributed by atoms with Crippen LogP contribution >= 0.6 is 27.3 Å². The average molecular weight is 304 g/mol. The lowest BCUT2D eigenvalue weighted by Gasteiger charge is -2.37. The first-order valence-electron chi connectivity index (χ1n) is 5.31. The molecule has 88 valence electrons. The number of hydrogen-bond donors (Lipinski definition) is 2. The van der Waals surface area contributed by atoms with Crippen molar-refractivity contribution in [3.8, 4) is 0 Å². The lowest BCUT2D eigenvalue weighted by atomic mass is 9.69. The number of hydrogen-bond acceptors (Lipinski definition) is 3. The fourth-order valence-electron chi connectivity index (χ4n) is 1.94. The van der Waals surface area contributed by atoms with Gasteiger partial charge in [-0.1, -0.05) is 6.42 Å². The zero-order valence-corrected chi connectivity index (χ0v) is 11.2. The molecule has 0 saturated heterocycles. The molecule has 0 aliphatic heterocycles. The Kier molecular flexibility index (Phi) is 3.66. The third kappa shape index (κ3) is 2.47. The Morgan fingerprint density at radius 1 is 1.56 bits per heavy atom. The van der Waals surface area contributed by atoms with Gasteiger partial charge in [-0.05, 0) is 40.9 Å². The van der Waals surface area contributed by atoms with E-state index >= 15 is 0 Å². The van der Waals surface area contributed by atoms with Gasteiger partial charge in [0, 0.05) is 18.0 Å². The highest BCUT2D eigenvalue weighted by Gasteiger charge is 2.43. The van der Waals surface area contributed by atoms with Crippen molar-refractivity contribution in [2.75, 3.05) is 6.54 Å². The van der Waals surface area contributed by atoms with E-state index < -0.39 is 11.4 Å². The van der Waals surface area contributed by atoms with Gasteiger partial charge in [0.2, 0.25) is 0 Å². The zero-order valence-electron chi connectivity index (χ0n) is 8.83. The Morgan fingerprint density at radius 3 is 2.75 bits per heavy atom. The first-order valence-corrected chi connectivity index (χ1v) is 6.92. The van der Waals surface area contributed by atoms with Crippen LogP contribution in [-0.4, -0.2) is 17.6 Å². The van der Waals surface area contributed by atoms with Gasteiger partial charge in [-0.3, -0.25) is 4.79 Å². The second-order valence-electron chi connectivity index (χ2n) is 4.25. The van der Waals surface area contributed by atoms with Crippen molar-refractivity contribution in [1.29, 1.82) is 0 Å². The molecule has 0 unspecified atom stereocenters. The summed E-state index contributed by atoms with van der Waals surface area (Å²) in [6.45, 7) is 1.34. The molecule has 1 saturated carbocycles. The molecule has 2 N–H and O–H groups in total. The first kappa shape index (κ1) is 12.1. The molecule has 0 atom stereocenters. The Bertz CT molecular complexity index is 387. The molecule has 0 radical (unpaired) electrons. The summed E-state index contributed by atoms with van der Waals surface area (Å²) in [4.78, 5) is 12.3. The molecule has 16 heavy (non-hydrogen) atoms. The Balaban J connectivity index is 1.81. The molecule has 1 fully saturated rings. The van der Waals surface area contributed by atoms with E-state index in [0.717, 1.165) is 29.6 Å². The van der Waals surface area contributed by atoms with E-state index in [1.165, 1.54) is 4.88 Å². The number of carbonyl (C=O) groups is 1. The summed E-state index contributed by atoms with van der Waals surface area (Å²) in [7, 11) is 0. The molecule has 1 heterocycles. The summed E-state index contributed by atoms with van der Waals surface area (Å²) in [5.41, 5.74) is -0.492. The standard InChI is InChI=1S/C11H14BrNO2S/c12-9-3-2-8(16-9)6-13-7-11(10(14)15)4-1-5-11/h2-3,13H,1,4-7H2,(H,14,15). The normalized spacial score (nSPS) is 18.1. The molecule has 1 aromatic rings. The average Bonchev–Trinajstić information content (AvgIpc) is 2.55. The van der Waals surface area contributed by atoms with E-state index in [2.05, 4.69) is 27.3 Å². The predicted octanol–water partition coefficient (Wildman–Crippen LogP) is 2.86. The van der Waals surface area contributed by atoms with Gasteiger partial charge in [0.25, 0.3) is 0 Å². The van der Waals surface area contributed by atoms with Crippen molar-refractivity contribution < 1.29 is 9.90 Å². The molecule has 3 nitrogen and oxygen atoms in total. The molecule has 0 bridgehead atoms. The van der Waals surface area contributed by atoms with Gasteiger partial charge in [-0.15, -0.1) is 11.3 Å². The fraction of sp³-hybridized carbons (Fsp3) is 0.545. The smallest absolute Gasteiger partial charge is 0.310 e. The minimum Gasteiger partial charge on any atom is -0.481 e. The Morgan fingerprint density at radius 2 is 2.31 bits per heavy atom. The second kappa shape index (κ2) is 4.85. The molecule has 5 heteroatoms. The minimum absolute atomic E-state index is 0.492. The zero-order chi connectivity index (χ0) is 11.6. The molecule has 1 aromatic heterocycles. The number of thiophene rings is 1. The molecule has 2 rings (SSSR count). The van der Waals surface area contributed by atoms with Gasteiger partial charge in [0.15, 0.2) is 0 Å². The van der Waals surface area contributed by atoms with Crippen LogP contribution in [0.4, 0.5) is 0 Å². The van der Waals surface area contributed by atoms with Gasteiger partial charge in [-0.2, -0.15) is 0 Å². The molecule has 1 aliphatic rings. The highest BCUT2D eigenvalue weighted by atomic mass is 79.9. The van der Waals surface area contributed by atoms with Crippen LogP contribution in [0.3, 0.4) is 0 Å². The third-order valence-corrected chi connectivity index (χ3v) is 4.78. The Hall–Kier alpha value is -0.390. The maximum absolute atomic E-state index is 11.1. The maximum Gasteiger partial charge on any atom is 0.310 e. The summed E-state index contributed by atoms with van der Waals surface area (Å²) in [5, 5.41) is 12.4. The van der Waals surface area contributed by atoms with E-state index in [1.807, 2.05) is 6.07 Å². The van der Waals surface area contributed by atoms with Crippen molar-refractivity contribution >= 4 is 33.2 Å². The molecule has 0 spiro atoms. The molecule has 1 aliphatic carbocycles. The van der Waals surface area contributed by atoms with Crippen molar-refractivity contribution in [3.05, 3.63) is 20.8 Å². The monoisotopic (exact) mass is 303 g/mol. The lowest BCUT2D eigenvalue weighted by Crippen LogP contribution is -2.45. The van der Waals surface area contributed by atoms with Gasteiger partial charge < -0.3 is 10.4 Å². The topological polar surface area (TPSA) is 49.3 Å². The van der Waals surface area contributed by atoms with E-state index in [9.17, 15) is 4.79 Å². The summed E-state index contributed by atoms with van der Waals surface area (Å²) >= 11 is 5.09. The molecular weight excluding hydrogens is 290 g/mol.